The van der Waals surface area contributed by atoms with E-state index in [0.29, 0.717) is 10.7 Å². The molecule has 0 aliphatic carbocycles. The van der Waals surface area contributed by atoms with Gasteiger partial charge in [0.25, 0.3) is 5.91 Å². The van der Waals surface area contributed by atoms with Gasteiger partial charge in [0.05, 0.1) is 28.6 Å². The second kappa shape index (κ2) is 7.80. The van der Waals surface area contributed by atoms with Crippen molar-refractivity contribution in [3.8, 4) is 5.75 Å². The van der Waals surface area contributed by atoms with Crippen molar-refractivity contribution in [3.63, 3.8) is 0 Å². The van der Waals surface area contributed by atoms with Crippen LogP contribution in [-0.4, -0.2) is 24.2 Å². The third-order valence-corrected chi connectivity index (χ3v) is 3.90. The van der Waals surface area contributed by atoms with Gasteiger partial charge in [-0.25, -0.2) is 4.39 Å². The third kappa shape index (κ3) is 4.24. The number of benzene rings is 2. The Hall–Kier alpha value is -1.58. The minimum absolute atomic E-state index is 0.0338. The van der Waals surface area contributed by atoms with Crippen LogP contribution in [0, 0.1) is 9.39 Å². The summed E-state index contributed by atoms with van der Waals surface area (Å²) in [5.41, 5.74) is 5.55. The smallest absolute Gasteiger partial charge is 0.250 e. The zero-order valence-electron chi connectivity index (χ0n) is 11.8. The first-order valence-electron chi connectivity index (χ1n) is 6.52. The van der Waals surface area contributed by atoms with E-state index < -0.39 is 11.7 Å². The van der Waals surface area contributed by atoms with Gasteiger partial charge in [0.2, 0.25) is 0 Å². The fraction of sp³-hybridized carbons (Fsp3) is 0.133. The molecule has 0 bridgehead atoms. The predicted octanol–water partition coefficient (Wildman–Crippen LogP) is 3.30. The van der Waals surface area contributed by atoms with Gasteiger partial charge >= 0.3 is 0 Å². The number of amides is 1. The molecule has 0 radical (unpaired) electrons. The summed E-state index contributed by atoms with van der Waals surface area (Å²) in [6.45, 7) is -0.334. The molecule has 0 heterocycles. The lowest BCUT2D eigenvalue weighted by Crippen LogP contribution is -2.15. The molecule has 0 saturated carbocycles. The zero-order valence-corrected chi connectivity index (χ0v) is 14.7. The highest BCUT2D eigenvalue weighted by molar-refractivity contribution is 14.1. The summed E-state index contributed by atoms with van der Waals surface area (Å²) in [6.07, 6.45) is 0. The van der Waals surface area contributed by atoms with Gasteiger partial charge in [0.1, 0.15) is 6.61 Å². The molecule has 2 rings (SSSR count). The van der Waals surface area contributed by atoms with Crippen molar-refractivity contribution in [2.45, 2.75) is 0 Å². The predicted molar refractivity (Wildman–Crippen MR) is 95.0 cm³/mol. The highest BCUT2D eigenvalue weighted by atomic mass is 127. The monoisotopic (exact) mass is 450 g/mol. The Labute approximate surface area is 150 Å². The van der Waals surface area contributed by atoms with Crippen molar-refractivity contribution in [2.24, 2.45) is 5.73 Å². The van der Waals surface area contributed by atoms with E-state index in [1.54, 1.807) is 18.2 Å². The fourth-order valence-corrected chi connectivity index (χ4v) is 2.78. The Bertz CT molecular complexity index is 743. The number of hydrogen-bond donors (Lipinski definition) is 3. The number of nitrogens with one attached hydrogen (secondary N) is 1. The maximum Gasteiger partial charge on any atom is 0.250 e. The van der Waals surface area contributed by atoms with Crippen molar-refractivity contribution >= 4 is 51.5 Å². The minimum Gasteiger partial charge on any atom is -0.488 e. The normalized spacial score (nSPS) is 10.4. The summed E-state index contributed by atoms with van der Waals surface area (Å²) in [7, 11) is 0. The molecule has 2 aromatic rings. The first kappa shape index (κ1) is 17.8. The molecule has 0 unspecified atom stereocenters. The van der Waals surface area contributed by atoms with Crippen LogP contribution in [0.5, 0.6) is 5.75 Å². The average molecular weight is 451 g/mol. The van der Waals surface area contributed by atoms with E-state index in [1.165, 1.54) is 12.1 Å². The second-order valence-corrected chi connectivity index (χ2v) is 6.14. The molecule has 0 fully saturated rings. The molecule has 23 heavy (non-hydrogen) atoms. The fourth-order valence-electron chi connectivity index (χ4n) is 1.88. The van der Waals surface area contributed by atoms with Crippen LogP contribution in [0.1, 0.15) is 10.4 Å². The van der Waals surface area contributed by atoms with Crippen molar-refractivity contribution in [3.05, 3.63) is 50.3 Å². The molecule has 8 heteroatoms. The Morgan fingerprint density at radius 3 is 2.74 bits per heavy atom. The van der Waals surface area contributed by atoms with Gasteiger partial charge in [0.15, 0.2) is 11.6 Å². The Balaban J connectivity index is 2.47. The number of rotatable bonds is 6. The van der Waals surface area contributed by atoms with Crippen LogP contribution >= 0.6 is 34.2 Å². The quantitative estimate of drug-likeness (QED) is 0.590. The summed E-state index contributed by atoms with van der Waals surface area (Å²) < 4.78 is 20.6. The Morgan fingerprint density at radius 2 is 2.13 bits per heavy atom. The van der Waals surface area contributed by atoms with E-state index >= 15 is 0 Å². The molecule has 122 valence electrons. The molecule has 0 saturated heterocycles. The number of anilines is 2. The van der Waals surface area contributed by atoms with Crippen molar-refractivity contribution < 1.29 is 19.0 Å². The standard InChI is InChI=1S/C15H13ClFIN2O3/c16-10-7-8(18)1-3-11(10)20-14-9(15(19)22)2-4-12(13(14)17)23-6-5-21/h1-4,7,20-21H,5-6H2,(H2,19,22). The molecular formula is C15H13ClFIN2O3. The summed E-state index contributed by atoms with van der Waals surface area (Å²) in [5, 5.41) is 11.9. The molecule has 2 aromatic carbocycles. The highest BCUT2D eigenvalue weighted by Gasteiger charge is 2.19. The second-order valence-electron chi connectivity index (χ2n) is 4.49. The van der Waals surface area contributed by atoms with Gasteiger partial charge in [-0.15, -0.1) is 0 Å². The summed E-state index contributed by atoms with van der Waals surface area (Å²) >= 11 is 8.21. The number of aliphatic hydroxyl groups excluding tert-OH is 1. The van der Waals surface area contributed by atoms with Gasteiger partial charge in [-0.05, 0) is 52.9 Å². The summed E-state index contributed by atoms with van der Waals surface area (Å²) in [4.78, 5) is 11.5. The molecule has 1 amide bonds. The maximum absolute atomic E-state index is 14.6. The van der Waals surface area contributed by atoms with E-state index in [-0.39, 0.29) is 30.2 Å². The van der Waals surface area contributed by atoms with Gasteiger partial charge in [-0.1, -0.05) is 11.6 Å². The number of aliphatic hydroxyl groups is 1. The largest absolute Gasteiger partial charge is 0.488 e. The van der Waals surface area contributed by atoms with Crippen LogP contribution in [0.15, 0.2) is 30.3 Å². The van der Waals surface area contributed by atoms with E-state index in [0.717, 1.165) is 3.57 Å². The Morgan fingerprint density at radius 1 is 1.39 bits per heavy atom. The van der Waals surface area contributed by atoms with Crippen molar-refractivity contribution in [2.75, 3.05) is 18.5 Å². The molecule has 5 nitrogen and oxygen atoms in total. The van der Waals surface area contributed by atoms with Crippen LogP contribution in [-0.2, 0) is 0 Å². The maximum atomic E-state index is 14.6. The number of nitrogens with two attached hydrogens (primary N) is 1. The van der Waals surface area contributed by atoms with E-state index in [1.807, 2.05) is 0 Å². The van der Waals surface area contributed by atoms with Crippen LogP contribution in [0.3, 0.4) is 0 Å². The lowest BCUT2D eigenvalue weighted by atomic mass is 10.1. The molecule has 0 spiro atoms. The third-order valence-electron chi connectivity index (χ3n) is 2.91. The number of carbonyl (C=O) groups is 1. The first-order chi connectivity index (χ1) is 10.9. The summed E-state index contributed by atoms with van der Waals surface area (Å²) in [5.74, 6) is -1.68. The van der Waals surface area contributed by atoms with Gasteiger partial charge in [-0.2, -0.15) is 0 Å². The highest BCUT2D eigenvalue weighted by Crippen LogP contribution is 2.33. The molecule has 0 aliphatic heterocycles. The van der Waals surface area contributed by atoms with E-state index in [4.69, 9.17) is 27.2 Å². The molecule has 4 N–H and O–H groups in total. The average Bonchev–Trinajstić information content (AvgIpc) is 2.50. The molecule has 0 atom stereocenters. The lowest BCUT2D eigenvalue weighted by molar-refractivity contribution is 0.100. The lowest BCUT2D eigenvalue weighted by Gasteiger charge is -2.15. The van der Waals surface area contributed by atoms with Crippen LogP contribution in [0.2, 0.25) is 5.02 Å². The summed E-state index contributed by atoms with van der Waals surface area (Å²) in [6, 6.07) is 7.77. The SMILES string of the molecule is NC(=O)c1ccc(OCCO)c(F)c1Nc1ccc(I)cc1Cl. The van der Waals surface area contributed by atoms with Crippen molar-refractivity contribution in [1.29, 1.82) is 0 Å². The number of ether oxygens (including phenoxy) is 1. The van der Waals surface area contributed by atoms with Crippen molar-refractivity contribution in [1.82, 2.24) is 0 Å². The van der Waals surface area contributed by atoms with Gasteiger partial charge in [-0.3, -0.25) is 4.79 Å². The van der Waals surface area contributed by atoms with Gasteiger partial charge < -0.3 is 20.9 Å². The zero-order chi connectivity index (χ0) is 17.0. The molecular weight excluding hydrogens is 438 g/mol. The van der Waals surface area contributed by atoms with Crippen LogP contribution in [0.4, 0.5) is 15.8 Å². The van der Waals surface area contributed by atoms with Crippen LogP contribution in [0.25, 0.3) is 0 Å². The number of carbonyl (C=O) groups excluding carboxylic acids is 1. The van der Waals surface area contributed by atoms with Crippen LogP contribution < -0.4 is 15.8 Å². The van der Waals surface area contributed by atoms with Gasteiger partial charge in [0, 0.05) is 3.57 Å². The number of halogens is 3. The first-order valence-corrected chi connectivity index (χ1v) is 7.97. The minimum atomic E-state index is -0.790. The van der Waals surface area contributed by atoms with E-state index in [9.17, 15) is 9.18 Å². The topological polar surface area (TPSA) is 84.6 Å². The Kier molecular flexibility index (Phi) is 6.03. The molecule has 0 aromatic heterocycles. The van der Waals surface area contributed by atoms with E-state index in [2.05, 4.69) is 27.9 Å². The molecule has 0 aliphatic rings. The number of hydrogen-bond acceptors (Lipinski definition) is 4. The number of primary amides is 1.